The molecule has 1 N–H and O–H groups in total. The van der Waals surface area contributed by atoms with Crippen molar-refractivity contribution in [2.24, 2.45) is 5.92 Å². The lowest BCUT2D eigenvalue weighted by Gasteiger charge is -2.32. The molecular weight excluding hydrogens is 476 g/mol. The van der Waals surface area contributed by atoms with Gasteiger partial charge >= 0.3 is 12.0 Å². The van der Waals surface area contributed by atoms with Crippen LogP contribution in [0.5, 0.6) is 17.2 Å². The molecule has 1 saturated heterocycles. The van der Waals surface area contributed by atoms with Crippen LogP contribution in [0.4, 0.5) is 4.79 Å². The van der Waals surface area contributed by atoms with Gasteiger partial charge in [-0.25, -0.2) is 4.79 Å². The zero-order valence-electron chi connectivity index (χ0n) is 21.7. The fourth-order valence-electron chi connectivity index (χ4n) is 5.10. The normalized spacial score (nSPS) is 20.2. The maximum Gasteiger partial charge on any atom is 0.320 e. The highest BCUT2D eigenvalue weighted by Crippen LogP contribution is 2.48. The summed E-state index contributed by atoms with van der Waals surface area (Å²) in [6, 6.07) is 11.9. The van der Waals surface area contributed by atoms with E-state index >= 15 is 0 Å². The molecular formula is C28H36N2O7. The molecule has 0 bridgehead atoms. The van der Waals surface area contributed by atoms with E-state index in [-0.39, 0.29) is 19.4 Å². The number of nitrogens with zero attached hydrogens (tertiary/aromatic N) is 2. The van der Waals surface area contributed by atoms with Crippen molar-refractivity contribution in [3.63, 3.8) is 0 Å². The number of unbranched alkanes of at least 4 members (excludes halogenated alkanes) is 1. The maximum absolute atomic E-state index is 13.9. The van der Waals surface area contributed by atoms with Crippen LogP contribution in [0.3, 0.4) is 0 Å². The minimum Gasteiger partial charge on any atom is -0.497 e. The van der Waals surface area contributed by atoms with E-state index in [1.165, 1.54) is 0 Å². The van der Waals surface area contributed by atoms with Gasteiger partial charge in [-0.2, -0.15) is 0 Å². The molecule has 9 nitrogen and oxygen atoms in total. The molecule has 2 aromatic carbocycles. The van der Waals surface area contributed by atoms with Crippen molar-refractivity contribution in [3.8, 4) is 17.2 Å². The highest BCUT2D eigenvalue weighted by molar-refractivity contribution is 5.80. The van der Waals surface area contributed by atoms with Gasteiger partial charge in [0.1, 0.15) is 5.75 Å². The third-order valence-corrected chi connectivity index (χ3v) is 7.12. The van der Waals surface area contributed by atoms with Crippen molar-refractivity contribution in [2.45, 2.75) is 38.6 Å². The Labute approximate surface area is 217 Å². The number of likely N-dealkylation sites (N-methyl/N-ethyl adjacent to an activating group) is 1. The van der Waals surface area contributed by atoms with E-state index in [4.69, 9.17) is 18.9 Å². The number of amides is 2. The molecule has 0 saturated carbocycles. The molecule has 2 heterocycles. The van der Waals surface area contributed by atoms with E-state index in [1.807, 2.05) is 31.2 Å². The van der Waals surface area contributed by atoms with Gasteiger partial charge in [-0.05, 0) is 48.7 Å². The number of rotatable bonds is 11. The number of hydrogen-bond donors (Lipinski definition) is 1. The Balaban J connectivity index is 1.66. The standard InChI is InChI=1S/C28H36N2O7/c1-4-6-14-35-15-13-29(5-2)28(33)30-17-22(20-9-12-23-24(16-20)37-18-36-23)25(27(31)32)26(30)19-7-10-21(34-3)11-8-19/h7-12,16,22,25-26H,4-6,13-15,17-18H2,1-3H3,(H,31,32). The lowest BCUT2D eigenvalue weighted by atomic mass is 9.83. The van der Waals surface area contributed by atoms with E-state index in [2.05, 4.69) is 6.92 Å². The van der Waals surface area contributed by atoms with Crippen LogP contribution >= 0.6 is 0 Å². The topological polar surface area (TPSA) is 97.8 Å². The third kappa shape index (κ3) is 5.77. The van der Waals surface area contributed by atoms with Gasteiger partial charge in [0, 0.05) is 32.2 Å². The number of ether oxygens (including phenoxy) is 4. The summed E-state index contributed by atoms with van der Waals surface area (Å²) < 4.78 is 22.0. The number of likely N-dealkylation sites (tertiary alicyclic amines) is 1. The van der Waals surface area contributed by atoms with Crippen LogP contribution in [0.2, 0.25) is 0 Å². The first-order chi connectivity index (χ1) is 18.0. The second-order valence-electron chi connectivity index (χ2n) is 9.28. The first-order valence-electron chi connectivity index (χ1n) is 12.9. The highest BCUT2D eigenvalue weighted by atomic mass is 16.7. The van der Waals surface area contributed by atoms with Crippen LogP contribution in [0.25, 0.3) is 0 Å². The zero-order valence-corrected chi connectivity index (χ0v) is 21.7. The van der Waals surface area contributed by atoms with Crippen molar-refractivity contribution in [3.05, 3.63) is 53.6 Å². The van der Waals surface area contributed by atoms with Crippen LogP contribution in [0.15, 0.2) is 42.5 Å². The molecule has 2 aliphatic heterocycles. The number of carbonyl (C=O) groups is 2. The van der Waals surface area contributed by atoms with E-state index in [0.717, 1.165) is 24.0 Å². The lowest BCUT2D eigenvalue weighted by Crippen LogP contribution is -2.45. The van der Waals surface area contributed by atoms with Crippen LogP contribution in [0.1, 0.15) is 49.8 Å². The molecule has 37 heavy (non-hydrogen) atoms. The van der Waals surface area contributed by atoms with Gasteiger partial charge in [-0.15, -0.1) is 0 Å². The number of aliphatic carboxylic acids is 1. The molecule has 9 heteroatoms. The Morgan fingerprint density at radius 2 is 1.78 bits per heavy atom. The molecule has 0 radical (unpaired) electrons. The van der Waals surface area contributed by atoms with Gasteiger partial charge in [0.2, 0.25) is 6.79 Å². The molecule has 0 aliphatic carbocycles. The number of benzene rings is 2. The highest BCUT2D eigenvalue weighted by Gasteiger charge is 2.50. The predicted octanol–water partition coefficient (Wildman–Crippen LogP) is 4.52. The summed E-state index contributed by atoms with van der Waals surface area (Å²) in [7, 11) is 1.58. The van der Waals surface area contributed by atoms with E-state index in [9.17, 15) is 14.7 Å². The number of carboxylic acids is 1. The number of carbonyl (C=O) groups excluding carboxylic acids is 1. The first-order valence-corrected chi connectivity index (χ1v) is 12.9. The van der Waals surface area contributed by atoms with Gasteiger partial charge in [-0.3, -0.25) is 4.79 Å². The SMILES string of the molecule is CCCCOCCN(CC)C(=O)N1CC(c2ccc3c(c2)OCO3)C(C(=O)O)C1c1ccc(OC)cc1. The van der Waals surface area contributed by atoms with Gasteiger partial charge in [0.05, 0.1) is 25.7 Å². The van der Waals surface area contributed by atoms with E-state index in [1.54, 1.807) is 35.1 Å². The summed E-state index contributed by atoms with van der Waals surface area (Å²) in [5, 5.41) is 10.4. The summed E-state index contributed by atoms with van der Waals surface area (Å²) in [6.45, 7) is 6.46. The fourth-order valence-corrected chi connectivity index (χ4v) is 5.10. The van der Waals surface area contributed by atoms with Gasteiger partial charge in [0.15, 0.2) is 11.5 Å². The van der Waals surface area contributed by atoms with Crippen molar-refractivity contribution < 1.29 is 33.6 Å². The van der Waals surface area contributed by atoms with Crippen LogP contribution < -0.4 is 14.2 Å². The maximum atomic E-state index is 13.9. The molecule has 1 fully saturated rings. The number of urea groups is 1. The average molecular weight is 513 g/mol. The number of carboxylic acid groups (broad SMARTS) is 1. The molecule has 2 aromatic rings. The smallest absolute Gasteiger partial charge is 0.320 e. The molecule has 4 rings (SSSR count). The van der Waals surface area contributed by atoms with Gasteiger partial charge in [-0.1, -0.05) is 31.5 Å². The number of hydrogen-bond acceptors (Lipinski definition) is 6. The van der Waals surface area contributed by atoms with Crippen molar-refractivity contribution in [1.82, 2.24) is 9.80 Å². The monoisotopic (exact) mass is 512 g/mol. The fraction of sp³-hybridized carbons (Fsp3) is 0.500. The summed E-state index contributed by atoms with van der Waals surface area (Å²) in [4.78, 5) is 30.0. The molecule has 3 unspecified atom stereocenters. The first kappa shape index (κ1) is 26.6. The molecule has 200 valence electrons. The minimum atomic E-state index is -0.954. The molecule has 0 spiro atoms. The summed E-state index contributed by atoms with van der Waals surface area (Å²) >= 11 is 0. The third-order valence-electron chi connectivity index (χ3n) is 7.12. The summed E-state index contributed by atoms with van der Waals surface area (Å²) in [5.74, 6) is -0.344. The van der Waals surface area contributed by atoms with Crippen molar-refractivity contribution in [2.75, 3.05) is 46.8 Å². The number of methoxy groups -OCH3 is 1. The Kier molecular flexibility index (Phi) is 8.76. The van der Waals surface area contributed by atoms with Gasteiger partial charge < -0.3 is 33.9 Å². The molecule has 0 aromatic heterocycles. The Morgan fingerprint density at radius 1 is 1.05 bits per heavy atom. The molecule has 2 amide bonds. The Hall–Kier alpha value is -3.46. The second-order valence-corrected chi connectivity index (χ2v) is 9.28. The molecule has 2 aliphatic rings. The van der Waals surface area contributed by atoms with E-state index in [0.29, 0.717) is 43.6 Å². The summed E-state index contributed by atoms with van der Waals surface area (Å²) in [6.07, 6.45) is 2.02. The largest absolute Gasteiger partial charge is 0.497 e. The quantitative estimate of drug-likeness (QED) is 0.442. The molecule has 3 atom stereocenters. The van der Waals surface area contributed by atoms with Crippen molar-refractivity contribution in [1.29, 1.82) is 0 Å². The predicted molar refractivity (Wildman–Crippen MR) is 137 cm³/mol. The Bertz CT molecular complexity index is 1070. The number of fused-ring (bicyclic) bond motifs is 1. The second kappa shape index (κ2) is 12.2. The van der Waals surface area contributed by atoms with Gasteiger partial charge in [0.25, 0.3) is 0 Å². The van der Waals surface area contributed by atoms with Crippen molar-refractivity contribution >= 4 is 12.0 Å². The summed E-state index contributed by atoms with van der Waals surface area (Å²) in [5.41, 5.74) is 1.55. The van der Waals surface area contributed by atoms with E-state index < -0.39 is 23.8 Å². The zero-order chi connectivity index (χ0) is 26.4. The van der Waals surface area contributed by atoms with Crippen LogP contribution in [-0.4, -0.2) is 73.7 Å². The van der Waals surface area contributed by atoms with Crippen LogP contribution in [-0.2, 0) is 9.53 Å². The minimum absolute atomic E-state index is 0.136. The Morgan fingerprint density at radius 3 is 2.46 bits per heavy atom. The van der Waals surface area contributed by atoms with Crippen LogP contribution in [0, 0.1) is 5.92 Å². The lowest BCUT2D eigenvalue weighted by molar-refractivity contribution is -0.143. The average Bonchev–Trinajstić information content (AvgIpc) is 3.55.